The highest BCUT2D eigenvalue weighted by molar-refractivity contribution is 7.45. The van der Waals surface area contributed by atoms with E-state index < -0.39 is 32.7 Å². The fraction of sp³-hybridized carbons (Fsp3) is 0.746. The number of rotatable bonds is 50. The lowest BCUT2D eigenvalue weighted by Crippen LogP contribution is -2.51. The van der Waals surface area contributed by atoms with Gasteiger partial charge < -0.3 is 34.0 Å². The van der Waals surface area contributed by atoms with E-state index in [-0.39, 0.29) is 18.9 Å². The number of allylic oxidation sites excluding steroid dienone is 14. The summed E-state index contributed by atoms with van der Waals surface area (Å²) in [6, 6.07) is -1.08. The van der Waals surface area contributed by atoms with E-state index in [1.807, 2.05) is 21.1 Å². The van der Waals surface area contributed by atoms with Crippen molar-refractivity contribution >= 4 is 13.7 Å². The van der Waals surface area contributed by atoms with Crippen LogP contribution in [-0.4, -0.2) is 79.8 Å². The first-order chi connectivity index (χ1) is 33.4. The summed E-state index contributed by atoms with van der Waals surface area (Å²) >= 11 is 0. The highest BCUT2D eigenvalue weighted by Crippen LogP contribution is 2.38. The Morgan fingerprint density at radius 3 is 1.33 bits per heavy atom. The molecule has 0 aliphatic carbocycles. The number of unbranched alkanes of at least 4 members (excludes halogenated alkanes) is 22. The van der Waals surface area contributed by atoms with E-state index >= 15 is 0 Å². The number of hydrogen-bond acceptors (Lipinski definition) is 7. The van der Waals surface area contributed by atoms with Gasteiger partial charge in [-0.2, -0.15) is 0 Å². The Balaban J connectivity index is 4.19. The topological polar surface area (TPSA) is 128 Å². The molecule has 0 saturated heterocycles. The van der Waals surface area contributed by atoms with Crippen molar-refractivity contribution in [2.75, 3.05) is 40.9 Å². The first-order valence-electron chi connectivity index (χ1n) is 28.0. The summed E-state index contributed by atoms with van der Waals surface area (Å²) in [5.41, 5.74) is 0. The number of quaternary nitrogens is 1. The van der Waals surface area contributed by atoms with Crippen molar-refractivity contribution in [3.63, 3.8) is 0 Å². The van der Waals surface area contributed by atoms with Crippen molar-refractivity contribution in [3.05, 3.63) is 85.1 Å². The molecule has 9 nitrogen and oxygen atoms in total. The first kappa shape index (κ1) is 66.6. The molecule has 400 valence electrons. The minimum Gasteiger partial charge on any atom is -0.756 e. The second-order valence-electron chi connectivity index (χ2n) is 20.0. The van der Waals surface area contributed by atoms with E-state index in [4.69, 9.17) is 9.05 Å². The Bertz CT molecular complexity index is 1420. The number of carbonyl (C=O) groups excluding carboxylic acids is 1. The van der Waals surface area contributed by atoms with Gasteiger partial charge in [0.2, 0.25) is 5.91 Å². The molecule has 0 rings (SSSR count). The lowest BCUT2D eigenvalue weighted by atomic mass is 9.99. The Labute approximate surface area is 425 Å². The molecule has 0 aliphatic heterocycles. The standard InChI is InChI=1S/C59H107N2O7P/c1-6-8-10-12-14-16-18-20-21-22-23-24-25-26-27-28-29-30-31-32-33-34-35-36-37-38-39-40-42-44-46-48-50-52-58(63)60-56(55-68-69(65,66)67-54-53-61(3,4)5)59(64)57(62)51-49-47-45-43-41-19-17-15-13-11-9-7-2/h8,10,14,16,20-21,23-24,26-27,29-30,32-33,56-57,59,62,64H,6-7,9,11-13,15,17-19,22,25,28,31,34-55H2,1-5H3,(H-,60,63,65,66)/b10-8-,16-14-,21-20-,24-23-,27-26-,30-29-,33-32-. The van der Waals surface area contributed by atoms with Crippen molar-refractivity contribution in [1.29, 1.82) is 0 Å². The van der Waals surface area contributed by atoms with Gasteiger partial charge in [0, 0.05) is 6.42 Å². The average Bonchev–Trinajstić information content (AvgIpc) is 3.31. The predicted molar refractivity (Wildman–Crippen MR) is 294 cm³/mol. The minimum atomic E-state index is -4.67. The number of hydrogen-bond donors (Lipinski definition) is 3. The van der Waals surface area contributed by atoms with Gasteiger partial charge in [-0.15, -0.1) is 0 Å². The maximum atomic E-state index is 13.0. The van der Waals surface area contributed by atoms with Crippen LogP contribution in [0.15, 0.2) is 85.1 Å². The number of aliphatic hydroxyl groups is 2. The van der Waals surface area contributed by atoms with Gasteiger partial charge in [0.05, 0.1) is 39.9 Å². The van der Waals surface area contributed by atoms with Gasteiger partial charge in [0.1, 0.15) is 19.3 Å². The molecule has 4 unspecified atom stereocenters. The number of phosphoric ester groups is 1. The average molecular weight is 987 g/mol. The van der Waals surface area contributed by atoms with Crippen LogP contribution in [0.4, 0.5) is 0 Å². The molecule has 0 aliphatic rings. The van der Waals surface area contributed by atoms with Crippen LogP contribution in [0.5, 0.6) is 0 Å². The van der Waals surface area contributed by atoms with E-state index in [2.05, 4.69) is 104 Å². The van der Waals surface area contributed by atoms with Crippen LogP contribution in [0.2, 0.25) is 0 Å². The highest BCUT2D eigenvalue weighted by Gasteiger charge is 2.29. The summed E-state index contributed by atoms with van der Waals surface area (Å²) < 4.78 is 23.2. The van der Waals surface area contributed by atoms with Crippen LogP contribution in [0.1, 0.15) is 226 Å². The van der Waals surface area contributed by atoms with Gasteiger partial charge in [-0.25, -0.2) is 0 Å². The third-order valence-corrected chi connectivity index (χ3v) is 13.2. The van der Waals surface area contributed by atoms with Crippen LogP contribution >= 0.6 is 7.82 Å². The molecule has 0 aromatic rings. The fourth-order valence-electron chi connectivity index (χ4n) is 7.82. The molecule has 0 radical (unpaired) electrons. The molecule has 0 bridgehead atoms. The SMILES string of the molecule is CC/C=C\C/C=C\C/C=C\C/C=C\C/C=C\C/C=C\C/C=C\CCCCCCCCCCCCCC(=O)NC(COP(=O)([O-])OCC[N+](C)(C)C)C(O)C(O)CCCCCCCCCCCCCC. The quantitative estimate of drug-likeness (QED) is 0.0240. The molecule has 0 saturated carbocycles. The molecule has 0 spiro atoms. The van der Waals surface area contributed by atoms with Crippen LogP contribution < -0.4 is 10.2 Å². The maximum absolute atomic E-state index is 13.0. The van der Waals surface area contributed by atoms with Gasteiger partial charge in [0.15, 0.2) is 0 Å². The van der Waals surface area contributed by atoms with Crippen molar-refractivity contribution in [2.45, 2.75) is 244 Å². The molecule has 0 aromatic heterocycles. The zero-order chi connectivity index (χ0) is 50.8. The number of phosphoric acid groups is 1. The monoisotopic (exact) mass is 987 g/mol. The summed E-state index contributed by atoms with van der Waals surface area (Å²) in [5.74, 6) is -0.285. The largest absolute Gasteiger partial charge is 0.756 e. The third kappa shape index (κ3) is 50.4. The summed E-state index contributed by atoms with van der Waals surface area (Å²) in [5, 5.41) is 24.7. The number of carbonyl (C=O) groups is 1. The lowest BCUT2D eigenvalue weighted by molar-refractivity contribution is -0.870. The van der Waals surface area contributed by atoms with E-state index in [1.54, 1.807) is 0 Å². The maximum Gasteiger partial charge on any atom is 0.268 e. The summed E-state index contributed by atoms with van der Waals surface area (Å²) in [6.07, 6.45) is 64.9. The van der Waals surface area contributed by atoms with Crippen LogP contribution in [0.3, 0.4) is 0 Å². The number of likely N-dealkylation sites (N-methyl/N-ethyl adjacent to an activating group) is 1. The minimum absolute atomic E-state index is 0.0445. The summed E-state index contributed by atoms with van der Waals surface area (Å²) in [6.45, 7) is 4.32. The van der Waals surface area contributed by atoms with Crippen LogP contribution in [0, 0.1) is 0 Å². The molecular formula is C59H107N2O7P. The Morgan fingerprint density at radius 1 is 0.536 bits per heavy atom. The zero-order valence-corrected chi connectivity index (χ0v) is 46.0. The Hall–Kier alpha value is -2.36. The third-order valence-electron chi connectivity index (χ3n) is 12.2. The molecule has 0 heterocycles. The van der Waals surface area contributed by atoms with Crippen molar-refractivity contribution < 1.29 is 38.0 Å². The molecule has 10 heteroatoms. The molecular weight excluding hydrogens is 880 g/mol. The predicted octanol–water partition coefficient (Wildman–Crippen LogP) is 15.2. The van der Waals surface area contributed by atoms with Gasteiger partial charge >= 0.3 is 0 Å². The number of amides is 1. The molecule has 3 N–H and O–H groups in total. The fourth-order valence-corrected chi connectivity index (χ4v) is 8.55. The molecule has 4 atom stereocenters. The van der Waals surface area contributed by atoms with Gasteiger partial charge in [-0.1, -0.05) is 234 Å². The Kier molecular flexibility index (Phi) is 47.5. The van der Waals surface area contributed by atoms with E-state index in [9.17, 15) is 24.5 Å². The van der Waals surface area contributed by atoms with Gasteiger partial charge in [0.25, 0.3) is 7.82 Å². The molecule has 69 heavy (non-hydrogen) atoms. The number of nitrogens with one attached hydrogen (secondary N) is 1. The van der Waals surface area contributed by atoms with E-state index in [0.717, 1.165) is 89.9 Å². The van der Waals surface area contributed by atoms with Gasteiger partial charge in [-0.05, 0) is 70.6 Å². The molecule has 0 fully saturated rings. The van der Waals surface area contributed by atoms with Crippen molar-refractivity contribution in [3.8, 4) is 0 Å². The van der Waals surface area contributed by atoms with Crippen molar-refractivity contribution in [1.82, 2.24) is 5.32 Å². The second-order valence-corrected chi connectivity index (χ2v) is 21.5. The Morgan fingerprint density at radius 2 is 0.913 bits per heavy atom. The summed E-state index contributed by atoms with van der Waals surface area (Å²) in [4.78, 5) is 25.5. The smallest absolute Gasteiger partial charge is 0.268 e. The highest BCUT2D eigenvalue weighted by atomic mass is 31.2. The first-order valence-corrected chi connectivity index (χ1v) is 29.5. The van der Waals surface area contributed by atoms with E-state index in [1.165, 1.54) is 103 Å². The summed E-state index contributed by atoms with van der Waals surface area (Å²) in [7, 11) is 1.11. The molecule has 0 aromatic carbocycles. The van der Waals surface area contributed by atoms with Crippen LogP contribution in [0.25, 0.3) is 0 Å². The van der Waals surface area contributed by atoms with E-state index in [0.29, 0.717) is 23.9 Å². The number of nitrogens with zero attached hydrogens (tertiary/aromatic N) is 1. The normalized spacial score (nSPS) is 15.1. The van der Waals surface area contributed by atoms with Crippen LogP contribution in [-0.2, 0) is 18.4 Å². The lowest BCUT2D eigenvalue weighted by Gasteiger charge is -2.31. The van der Waals surface area contributed by atoms with Gasteiger partial charge in [-0.3, -0.25) is 9.36 Å². The second kappa shape index (κ2) is 49.2. The molecule has 1 amide bonds. The zero-order valence-electron chi connectivity index (χ0n) is 45.1. The number of aliphatic hydroxyl groups excluding tert-OH is 2. The van der Waals surface area contributed by atoms with Crippen molar-refractivity contribution in [2.24, 2.45) is 0 Å².